The van der Waals surface area contributed by atoms with E-state index in [0.29, 0.717) is 6.42 Å². The van der Waals surface area contributed by atoms with Crippen molar-refractivity contribution < 1.29 is 15.0 Å². The Balaban J connectivity index is 3.48. The molecule has 4 nitrogen and oxygen atoms in total. The molecule has 0 aromatic rings. The third-order valence-corrected chi connectivity index (χ3v) is 8.52. The Bertz CT molecular complexity index is 550. The van der Waals surface area contributed by atoms with Crippen LogP contribution in [-0.2, 0) is 4.79 Å². The van der Waals surface area contributed by atoms with E-state index in [1.807, 2.05) is 6.08 Å². The lowest BCUT2D eigenvalue weighted by Gasteiger charge is -2.20. The molecule has 244 valence electrons. The van der Waals surface area contributed by atoms with Gasteiger partial charge < -0.3 is 15.5 Å². The Morgan fingerprint density at radius 1 is 0.561 bits per heavy atom. The lowest BCUT2D eigenvalue weighted by atomic mass is 10.0. The van der Waals surface area contributed by atoms with Crippen LogP contribution >= 0.6 is 0 Å². The summed E-state index contributed by atoms with van der Waals surface area (Å²) in [5.41, 5.74) is 0. The van der Waals surface area contributed by atoms with Gasteiger partial charge in [-0.25, -0.2) is 0 Å². The number of rotatable bonds is 33. The summed E-state index contributed by atoms with van der Waals surface area (Å²) in [5.74, 6) is -0.0646. The van der Waals surface area contributed by atoms with E-state index >= 15 is 0 Å². The van der Waals surface area contributed by atoms with E-state index in [0.717, 1.165) is 25.7 Å². The van der Waals surface area contributed by atoms with Crippen molar-refractivity contribution >= 4 is 5.91 Å². The number of carbonyl (C=O) groups is 1. The highest BCUT2D eigenvalue weighted by Crippen LogP contribution is 2.15. The topological polar surface area (TPSA) is 69.6 Å². The van der Waals surface area contributed by atoms with Gasteiger partial charge in [0.15, 0.2) is 0 Å². The summed E-state index contributed by atoms with van der Waals surface area (Å²) in [4.78, 5) is 12.3. The smallest absolute Gasteiger partial charge is 0.220 e. The molecule has 0 aromatic heterocycles. The van der Waals surface area contributed by atoms with Crippen molar-refractivity contribution in [3.05, 3.63) is 12.2 Å². The van der Waals surface area contributed by atoms with Crippen LogP contribution in [0.4, 0.5) is 0 Å². The molecule has 0 radical (unpaired) electrons. The van der Waals surface area contributed by atoms with E-state index in [4.69, 9.17) is 0 Å². The van der Waals surface area contributed by atoms with Crippen molar-refractivity contribution in [3.63, 3.8) is 0 Å². The highest BCUT2D eigenvalue weighted by Gasteiger charge is 2.17. The van der Waals surface area contributed by atoms with E-state index in [9.17, 15) is 15.0 Å². The second-order valence-corrected chi connectivity index (χ2v) is 12.7. The Kier molecular flexibility index (Phi) is 32.9. The minimum absolute atomic E-state index is 0.0646. The molecule has 2 atom stereocenters. The molecule has 0 saturated carbocycles. The number of amides is 1. The molecule has 0 spiro atoms. The molecule has 0 saturated heterocycles. The molecule has 0 aliphatic rings. The maximum Gasteiger partial charge on any atom is 0.220 e. The zero-order valence-corrected chi connectivity index (χ0v) is 27.8. The van der Waals surface area contributed by atoms with Gasteiger partial charge in [-0.3, -0.25) is 4.79 Å². The first kappa shape index (κ1) is 40.1. The monoisotopic (exact) mass is 580 g/mol. The average molecular weight is 580 g/mol. The predicted molar refractivity (Wildman–Crippen MR) is 179 cm³/mol. The van der Waals surface area contributed by atoms with E-state index < -0.39 is 12.1 Å². The maximum absolute atomic E-state index is 12.3. The van der Waals surface area contributed by atoms with Gasteiger partial charge in [-0.15, -0.1) is 0 Å². The molecular formula is C37H73NO3. The van der Waals surface area contributed by atoms with Crippen molar-refractivity contribution in [3.8, 4) is 0 Å². The molecule has 0 aromatic carbocycles. The molecule has 1 amide bonds. The number of hydrogen-bond acceptors (Lipinski definition) is 3. The number of nitrogens with one attached hydrogen (secondary N) is 1. The molecule has 0 aliphatic heterocycles. The summed E-state index contributed by atoms with van der Waals surface area (Å²) >= 11 is 0. The van der Waals surface area contributed by atoms with E-state index in [-0.39, 0.29) is 12.5 Å². The third kappa shape index (κ3) is 30.4. The lowest BCUT2D eigenvalue weighted by Crippen LogP contribution is -2.45. The van der Waals surface area contributed by atoms with Crippen LogP contribution in [0.3, 0.4) is 0 Å². The van der Waals surface area contributed by atoms with Crippen molar-refractivity contribution in [2.75, 3.05) is 6.61 Å². The number of allylic oxidation sites excluding steroid dienone is 1. The van der Waals surface area contributed by atoms with Gasteiger partial charge in [0.2, 0.25) is 5.91 Å². The summed E-state index contributed by atoms with van der Waals surface area (Å²) in [5, 5.41) is 22.7. The number of aliphatic hydroxyl groups excluding tert-OH is 2. The fourth-order valence-electron chi connectivity index (χ4n) is 5.65. The minimum atomic E-state index is -0.830. The highest BCUT2D eigenvalue weighted by molar-refractivity contribution is 5.76. The first-order chi connectivity index (χ1) is 20.2. The molecular weight excluding hydrogens is 506 g/mol. The molecule has 0 fully saturated rings. The summed E-state index contributed by atoms with van der Waals surface area (Å²) in [6.07, 6.45) is 40.2. The number of carbonyl (C=O) groups excluding carboxylic acids is 1. The van der Waals surface area contributed by atoms with E-state index in [2.05, 4.69) is 19.2 Å². The van der Waals surface area contributed by atoms with Crippen molar-refractivity contribution in [1.29, 1.82) is 0 Å². The Morgan fingerprint density at radius 2 is 0.902 bits per heavy atom. The van der Waals surface area contributed by atoms with Crippen LogP contribution < -0.4 is 5.32 Å². The van der Waals surface area contributed by atoms with Gasteiger partial charge >= 0.3 is 0 Å². The Labute approximate surface area is 256 Å². The summed E-state index contributed by atoms with van der Waals surface area (Å²) in [7, 11) is 0. The fourth-order valence-corrected chi connectivity index (χ4v) is 5.65. The number of aliphatic hydroxyl groups is 2. The summed E-state index contributed by atoms with van der Waals surface area (Å²) < 4.78 is 0. The maximum atomic E-state index is 12.3. The van der Waals surface area contributed by atoms with Crippen LogP contribution in [0.5, 0.6) is 0 Å². The normalized spacial score (nSPS) is 13.2. The third-order valence-electron chi connectivity index (χ3n) is 8.52. The van der Waals surface area contributed by atoms with Crippen LogP contribution in [0.15, 0.2) is 12.2 Å². The standard InChI is InChI=1S/C37H73NO3/c1-3-5-7-9-11-13-14-15-16-17-18-19-20-21-22-23-24-25-27-29-31-33-37(41)38-35(34-39)36(40)32-30-28-26-12-10-8-6-4-2/h30,32,35-36,39-40H,3-29,31,33-34H2,1-2H3,(H,38,41)/b32-30+. The lowest BCUT2D eigenvalue weighted by molar-refractivity contribution is -0.123. The fraction of sp³-hybridized carbons (Fsp3) is 0.919. The minimum Gasteiger partial charge on any atom is -0.394 e. The van der Waals surface area contributed by atoms with Crippen molar-refractivity contribution in [1.82, 2.24) is 5.32 Å². The van der Waals surface area contributed by atoms with Crippen LogP contribution in [0.25, 0.3) is 0 Å². The number of unbranched alkanes of at least 4 members (excludes halogenated alkanes) is 26. The van der Waals surface area contributed by atoms with Gasteiger partial charge in [0.25, 0.3) is 0 Å². The predicted octanol–water partition coefficient (Wildman–Crippen LogP) is 10.7. The van der Waals surface area contributed by atoms with Gasteiger partial charge in [-0.05, 0) is 19.3 Å². The molecule has 0 aliphatic carbocycles. The second kappa shape index (κ2) is 33.6. The van der Waals surface area contributed by atoms with Crippen LogP contribution in [-0.4, -0.2) is 34.9 Å². The van der Waals surface area contributed by atoms with Crippen molar-refractivity contribution in [2.45, 2.75) is 212 Å². The second-order valence-electron chi connectivity index (χ2n) is 12.7. The first-order valence-corrected chi connectivity index (χ1v) is 18.4. The van der Waals surface area contributed by atoms with E-state index in [1.165, 1.54) is 154 Å². The molecule has 0 bridgehead atoms. The Hall–Kier alpha value is -0.870. The molecule has 0 heterocycles. The zero-order valence-electron chi connectivity index (χ0n) is 27.8. The molecule has 41 heavy (non-hydrogen) atoms. The average Bonchev–Trinajstić information content (AvgIpc) is 2.97. The van der Waals surface area contributed by atoms with Crippen molar-refractivity contribution in [2.24, 2.45) is 0 Å². The van der Waals surface area contributed by atoms with Gasteiger partial charge in [-0.2, -0.15) is 0 Å². The molecule has 4 heteroatoms. The first-order valence-electron chi connectivity index (χ1n) is 18.4. The van der Waals surface area contributed by atoms with Gasteiger partial charge in [-0.1, -0.05) is 187 Å². The molecule has 3 N–H and O–H groups in total. The van der Waals surface area contributed by atoms with Gasteiger partial charge in [0.05, 0.1) is 18.8 Å². The summed E-state index contributed by atoms with van der Waals surface area (Å²) in [6.45, 7) is 4.27. The Morgan fingerprint density at radius 3 is 1.27 bits per heavy atom. The van der Waals surface area contributed by atoms with Crippen LogP contribution in [0, 0.1) is 0 Å². The van der Waals surface area contributed by atoms with Gasteiger partial charge in [0, 0.05) is 6.42 Å². The molecule has 2 unspecified atom stereocenters. The van der Waals surface area contributed by atoms with Crippen LogP contribution in [0.1, 0.15) is 200 Å². The highest BCUT2D eigenvalue weighted by atomic mass is 16.3. The van der Waals surface area contributed by atoms with Crippen LogP contribution in [0.2, 0.25) is 0 Å². The largest absolute Gasteiger partial charge is 0.394 e. The van der Waals surface area contributed by atoms with E-state index in [1.54, 1.807) is 6.08 Å². The molecule has 0 rings (SSSR count). The summed E-state index contributed by atoms with van der Waals surface area (Å²) in [6, 6.07) is -0.613. The quantitative estimate of drug-likeness (QED) is 0.0535. The van der Waals surface area contributed by atoms with Gasteiger partial charge in [0.1, 0.15) is 0 Å². The zero-order chi connectivity index (χ0) is 30.1. The number of hydrogen-bond donors (Lipinski definition) is 3. The SMILES string of the molecule is CCCCCCCC/C=C/C(O)C(CO)NC(=O)CCCCCCCCCCCCCCCCCCCCCCC.